The lowest BCUT2D eigenvalue weighted by atomic mass is 9.84. The predicted molar refractivity (Wildman–Crippen MR) is 87.7 cm³/mol. The first-order valence-electron chi connectivity index (χ1n) is 8.82. The normalized spacial score (nSPS) is 22.8. The van der Waals surface area contributed by atoms with Crippen LogP contribution in [0.3, 0.4) is 0 Å². The molecule has 0 bridgehead atoms. The molecule has 26 heavy (non-hydrogen) atoms. The minimum Gasteiger partial charge on any atom is -0.447 e. The molecule has 2 aliphatic heterocycles. The first-order chi connectivity index (χ1) is 12.2. The van der Waals surface area contributed by atoms with Gasteiger partial charge in [0.15, 0.2) is 0 Å². The molecule has 1 amide bonds. The number of carbonyl (C=O) groups excluding carboxylic acids is 1. The lowest BCUT2D eigenvalue weighted by Crippen LogP contribution is -2.47. The number of hydrogen-bond acceptors (Lipinski definition) is 4. The van der Waals surface area contributed by atoms with Crippen LogP contribution in [0.4, 0.5) is 18.0 Å². The standard InChI is InChI=1S/C18H23F3N2O3/c1-12(2)26-16(24)23-8-6-17(7-9-23)10-13(11-25-17)14-4-3-5-15(22-14)18(19,20)21/h3-5,12-13H,6-11H2,1-2H3. The van der Waals surface area contributed by atoms with Crippen LogP contribution in [0.15, 0.2) is 18.2 Å². The van der Waals surface area contributed by atoms with Gasteiger partial charge in [0.2, 0.25) is 0 Å². The van der Waals surface area contributed by atoms with Crippen molar-refractivity contribution in [3.63, 3.8) is 0 Å². The maximum Gasteiger partial charge on any atom is 0.433 e. The summed E-state index contributed by atoms with van der Waals surface area (Å²) in [5.41, 5.74) is -0.851. The molecule has 0 saturated carbocycles. The Balaban J connectivity index is 1.62. The SMILES string of the molecule is CC(C)OC(=O)N1CCC2(CC1)CC(c1cccc(C(F)(F)F)n1)CO2. The maximum atomic E-state index is 12.9. The van der Waals surface area contributed by atoms with Crippen molar-refractivity contribution in [1.82, 2.24) is 9.88 Å². The third-order valence-corrected chi connectivity index (χ3v) is 4.96. The Hall–Kier alpha value is -1.83. The molecule has 144 valence electrons. The first-order valence-corrected chi connectivity index (χ1v) is 8.82. The van der Waals surface area contributed by atoms with Gasteiger partial charge in [0, 0.05) is 24.7 Å². The number of amides is 1. The number of ether oxygens (including phenoxy) is 2. The molecular formula is C18H23F3N2O3. The zero-order chi connectivity index (χ0) is 18.9. The van der Waals surface area contributed by atoms with Crippen LogP contribution in [0.2, 0.25) is 0 Å². The smallest absolute Gasteiger partial charge is 0.433 e. The van der Waals surface area contributed by atoms with Crippen molar-refractivity contribution in [3.8, 4) is 0 Å². The Morgan fingerprint density at radius 1 is 1.35 bits per heavy atom. The molecule has 0 aliphatic carbocycles. The summed E-state index contributed by atoms with van der Waals surface area (Å²) >= 11 is 0. The fraction of sp³-hybridized carbons (Fsp3) is 0.667. The van der Waals surface area contributed by atoms with Crippen LogP contribution in [0.25, 0.3) is 0 Å². The van der Waals surface area contributed by atoms with E-state index >= 15 is 0 Å². The second kappa shape index (κ2) is 7.06. The Kier molecular flexibility index (Phi) is 5.14. The average Bonchev–Trinajstić information content (AvgIpc) is 2.98. The summed E-state index contributed by atoms with van der Waals surface area (Å²) in [5, 5.41) is 0. The van der Waals surface area contributed by atoms with Gasteiger partial charge in [-0.05, 0) is 45.2 Å². The molecule has 0 aromatic carbocycles. The summed E-state index contributed by atoms with van der Waals surface area (Å²) in [7, 11) is 0. The molecule has 8 heteroatoms. The number of piperidine rings is 1. The number of halogens is 3. The number of alkyl halides is 3. The fourth-order valence-electron chi connectivity index (χ4n) is 3.59. The molecule has 2 aliphatic rings. The van der Waals surface area contributed by atoms with Crippen LogP contribution in [0, 0.1) is 0 Å². The summed E-state index contributed by atoms with van der Waals surface area (Å²) in [6, 6.07) is 3.99. The van der Waals surface area contributed by atoms with Gasteiger partial charge < -0.3 is 14.4 Å². The van der Waals surface area contributed by atoms with Crippen LogP contribution in [0.1, 0.15) is 50.4 Å². The minimum absolute atomic E-state index is 0.161. The van der Waals surface area contributed by atoms with Crippen molar-refractivity contribution < 1.29 is 27.4 Å². The molecule has 1 atom stereocenters. The predicted octanol–water partition coefficient (Wildman–Crippen LogP) is 3.98. The lowest BCUT2D eigenvalue weighted by Gasteiger charge is -2.38. The van der Waals surface area contributed by atoms with Crippen LogP contribution < -0.4 is 0 Å². The molecule has 0 radical (unpaired) electrons. The van der Waals surface area contributed by atoms with E-state index in [1.54, 1.807) is 24.8 Å². The highest BCUT2D eigenvalue weighted by molar-refractivity contribution is 5.67. The molecule has 0 N–H and O–H groups in total. The summed E-state index contributed by atoms with van der Waals surface area (Å²) in [4.78, 5) is 17.4. The number of rotatable bonds is 2. The van der Waals surface area contributed by atoms with E-state index in [-0.39, 0.29) is 18.1 Å². The van der Waals surface area contributed by atoms with Crippen LogP contribution in [0.5, 0.6) is 0 Å². The van der Waals surface area contributed by atoms with E-state index in [1.807, 2.05) is 0 Å². The second-order valence-electron chi connectivity index (χ2n) is 7.26. The molecule has 1 aromatic rings. The summed E-state index contributed by atoms with van der Waals surface area (Å²) in [6.45, 7) is 5.00. The highest BCUT2D eigenvalue weighted by atomic mass is 19.4. The van der Waals surface area contributed by atoms with Crippen molar-refractivity contribution >= 4 is 6.09 Å². The Labute approximate surface area is 150 Å². The lowest BCUT2D eigenvalue weighted by molar-refractivity contribution is -0.141. The molecule has 3 heterocycles. The highest BCUT2D eigenvalue weighted by Crippen LogP contribution is 2.42. The third kappa shape index (κ3) is 4.11. The largest absolute Gasteiger partial charge is 0.447 e. The second-order valence-corrected chi connectivity index (χ2v) is 7.26. The number of hydrogen-bond donors (Lipinski definition) is 0. The van der Waals surface area contributed by atoms with Gasteiger partial charge in [-0.2, -0.15) is 13.2 Å². The van der Waals surface area contributed by atoms with Gasteiger partial charge in [0.25, 0.3) is 0 Å². The molecule has 2 saturated heterocycles. The Morgan fingerprint density at radius 2 is 2.04 bits per heavy atom. The summed E-state index contributed by atoms with van der Waals surface area (Å²) in [6.07, 6.45) is -3.03. The molecule has 5 nitrogen and oxygen atoms in total. The van der Waals surface area contributed by atoms with Gasteiger partial charge in [-0.15, -0.1) is 0 Å². The molecule has 3 rings (SSSR count). The van der Waals surface area contributed by atoms with Crippen molar-refractivity contribution in [1.29, 1.82) is 0 Å². The number of carbonyl (C=O) groups is 1. The van der Waals surface area contributed by atoms with Crippen LogP contribution >= 0.6 is 0 Å². The third-order valence-electron chi connectivity index (χ3n) is 4.96. The van der Waals surface area contributed by atoms with E-state index in [0.29, 0.717) is 44.7 Å². The van der Waals surface area contributed by atoms with Gasteiger partial charge in [-0.3, -0.25) is 0 Å². The van der Waals surface area contributed by atoms with E-state index in [4.69, 9.17) is 9.47 Å². The number of aromatic nitrogens is 1. The van der Waals surface area contributed by atoms with Crippen molar-refractivity contribution in [3.05, 3.63) is 29.6 Å². The Bertz CT molecular complexity index is 655. The monoisotopic (exact) mass is 372 g/mol. The van der Waals surface area contributed by atoms with E-state index in [0.717, 1.165) is 6.07 Å². The van der Waals surface area contributed by atoms with E-state index in [1.165, 1.54) is 6.07 Å². The van der Waals surface area contributed by atoms with Gasteiger partial charge in [-0.25, -0.2) is 9.78 Å². The molecule has 2 fully saturated rings. The van der Waals surface area contributed by atoms with E-state index < -0.39 is 17.5 Å². The molecule has 1 aromatic heterocycles. The highest BCUT2D eigenvalue weighted by Gasteiger charge is 2.45. The minimum atomic E-state index is -4.45. The number of likely N-dealkylation sites (tertiary alicyclic amines) is 1. The van der Waals surface area contributed by atoms with E-state index in [2.05, 4.69) is 4.98 Å². The molecular weight excluding hydrogens is 349 g/mol. The fourth-order valence-corrected chi connectivity index (χ4v) is 3.59. The van der Waals surface area contributed by atoms with Gasteiger partial charge in [0.05, 0.1) is 18.3 Å². The summed E-state index contributed by atoms with van der Waals surface area (Å²) < 4.78 is 49.8. The Morgan fingerprint density at radius 3 is 2.65 bits per heavy atom. The van der Waals surface area contributed by atoms with Gasteiger partial charge in [-0.1, -0.05) is 6.07 Å². The van der Waals surface area contributed by atoms with Crippen LogP contribution in [-0.4, -0.2) is 47.4 Å². The van der Waals surface area contributed by atoms with Gasteiger partial charge in [0.1, 0.15) is 5.69 Å². The van der Waals surface area contributed by atoms with Gasteiger partial charge >= 0.3 is 12.3 Å². The van der Waals surface area contributed by atoms with Crippen molar-refractivity contribution in [2.24, 2.45) is 0 Å². The first kappa shape index (κ1) is 18.9. The average molecular weight is 372 g/mol. The van der Waals surface area contributed by atoms with Crippen LogP contribution in [-0.2, 0) is 15.7 Å². The number of pyridine rings is 1. The quantitative estimate of drug-likeness (QED) is 0.788. The number of nitrogens with zero attached hydrogens (tertiary/aromatic N) is 2. The summed E-state index contributed by atoms with van der Waals surface area (Å²) in [5.74, 6) is -0.161. The van der Waals surface area contributed by atoms with Crippen molar-refractivity contribution in [2.75, 3.05) is 19.7 Å². The topological polar surface area (TPSA) is 51.7 Å². The zero-order valence-electron chi connectivity index (χ0n) is 14.9. The van der Waals surface area contributed by atoms with Crippen molar-refractivity contribution in [2.45, 2.75) is 56.9 Å². The molecule has 1 spiro atoms. The van der Waals surface area contributed by atoms with E-state index in [9.17, 15) is 18.0 Å². The molecule has 1 unspecified atom stereocenters. The zero-order valence-corrected chi connectivity index (χ0v) is 14.9. The maximum absolute atomic E-state index is 12.9.